The second-order valence-corrected chi connectivity index (χ2v) is 3.15. The molecule has 2 aromatic rings. The Hall–Kier alpha value is -2.04. The Kier molecular flexibility index (Phi) is 2.29. The number of aromatic nitrogens is 3. The van der Waals surface area contributed by atoms with Crippen molar-refractivity contribution in [2.45, 2.75) is 6.92 Å². The van der Waals surface area contributed by atoms with E-state index >= 15 is 0 Å². The lowest BCUT2D eigenvalue weighted by Gasteiger charge is -2.05. The molecule has 2 rings (SSSR count). The quantitative estimate of drug-likeness (QED) is 0.716. The van der Waals surface area contributed by atoms with Gasteiger partial charge < -0.3 is 5.73 Å². The predicted octanol–water partition coefficient (Wildman–Crippen LogP) is 1.57. The van der Waals surface area contributed by atoms with Crippen molar-refractivity contribution in [1.29, 1.82) is 0 Å². The van der Waals surface area contributed by atoms with Gasteiger partial charge in [0.1, 0.15) is 18.5 Å². The second-order valence-electron chi connectivity index (χ2n) is 3.15. The van der Waals surface area contributed by atoms with E-state index in [-0.39, 0.29) is 5.69 Å². The summed E-state index contributed by atoms with van der Waals surface area (Å²) in [6.45, 7) is 1.78. The fourth-order valence-electron chi connectivity index (χ4n) is 1.31. The number of anilines is 1. The Morgan fingerprint density at radius 3 is 2.53 bits per heavy atom. The van der Waals surface area contributed by atoms with Gasteiger partial charge in [0.05, 0.1) is 5.69 Å². The molecule has 0 unspecified atom stereocenters. The van der Waals surface area contributed by atoms with E-state index in [1.54, 1.807) is 6.92 Å². The van der Waals surface area contributed by atoms with Gasteiger partial charge >= 0.3 is 0 Å². The Morgan fingerprint density at radius 2 is 1.87 bits per heavy atom. The highest BCUT2D eigenvalue weighted by Gasteiger charge is 2.08. The number of hydrogen-bond acceptors (Lipinski definition) is 4. The molecule has 0 amide bonds. The van der Waals surface area contributed by atoms with Gasteiger partial charge in [0.25, 0.3) is 0 Å². The van der Waals surface area contributed by atoms with Crippen LogP contribution in [0.1, 0.15) is 5.56 Å². The monoisotopic (exact) mass is 204 g/mol. The summed E-state index contributed by atoms with van der Waals surface area (Å²) in [7, 11) is 0. The largest absolute Gasteiger partial charge is 0.396 e. The highest BCUT2D eigenvalue weighted by Crippen LogP contribution is 2.23. The van der Waals surface area contributed by atoms with Crippen molar-refractivity contribution in [2.24, 2.45) is 0 Å². The summed E-state index contributed by atoms with van der Waals surface area (Å²) in [6.07, 6.45) is 2.78. The van der Waals surface area contributed by atoms with Crippen molar-refractivity contribution in [2.75, 3.05) is 5.73 Å². The first kappa shape index (κ1) is 9.51. The lowest BCUT2D eigenvalue weighted by molar-refractivity contribution is 0.631. The van der Waals surface area contributed by atoms with E-state index in [4.69, 9.17) is 5.73 Å². The van der Waals surface area contributed by atoms with E-state index in [1.807, 2.05) is 0 Å². The van der Waals surface area contributed by atoms with E-state index in [0.29, 0.717) is 5.82 Å². The van der Waals surface area contributed by atoms with Crippen LogP contribution < -0.4 is 5.73 Å². The molecule has 0 saturated carbocycles. The molecule has 0 spiro atoms. The molecule has 0 aliphatic carbocycles. The van der Waals surface area contributed by atoms with Crippen LogP contribution in [0.4, 0.5) is 10.1 Å². The molecule has 1 aromatic heterocycles. The van der Waals surface area contributed by atoms with Crippen molar-refractivity contribution in [3.05, 3.63) is 36.2 Å². The highest BCUT2D eigenvalue weighted by molar-refractivity contribution is 5.65. The average Bonchev–Trinajstić information content (AvgIpc) is 2.25. The Bertz CT molecular complexity index is 484. The first-order valence-corrected chi connectivity index (χ1v) is 4.36. The van der Waals surface area contributed by atoms with Crippen LogP contribution in [-0.4, -0.2) is 15.0 Å². The van der Waals surface area contributed by atoms with Crippen LogP contribution in [0.5, 0.6) is 0 Å². The standard InChI is InChI=1S/C10H9FN4/c1-6-2-8(11)9(12)3-7(6)10-14-4-13-5-15-10/h2-5H,12H2,1H3. The maximum Gasteiger partial charge on any atom is 0.162 e. The van der Waals surface area contributed by atoms with Gasteiger partial charge in [-0.3, -0.25) is 0 Å². The molecule has 0 aliphatic heterocycles. The van der Waals surface area contributed by atoms with Gasteiger partial charge in [0.15, 0.2) is 5.82 Å². The van der Waals surface area contributed by atoms with Crippen LogP contribution in [0.2, 0.25) is 0 Å². The van der Waals surface area contributed by atoms with Gasteiger partial charge in [-0.2, -0.15) is 0 Å². The molecule has 1 heterocycles. The maximum absolute atomic E-state index is 13.1. The number of nitrogen functional groups attached to an aromatic ring is 1. The smallest absolute Gasteiger partial charge is 0.162 e. The molecule has 0 fully saturated rings. The topological polar surface area (TPSA) is 64.7 Å². The Morgan fingerprint density at radius 1 is 1.20 bits per heavy atom. The van der Waals surface area contributed by atoms with Crippen LogP contribution in [0.15, 0.2) is 24.8 Å². The molecule has 1 aromatic carbocycles. The summed E-state index contributed by atoms with van der Waals surface area (Å²) in [5, 5.41) is 0. The van der Waals surface area contributed by atoms with Gasteiger partial charge in [0, 0.05) is 5.56 Å². The SMILES string of the molecule is Cc1cc(F)c(N)cc1-c1ncncn1. The minimum atomic E-state index is -0.426. The van der Waals surface area contributed by atoms with Gasteiger partial charge in [-0.15, -0.1) is 0 Å². The molecule has 0 radical (unpaired) electrons. The van der Waals surface area contributed by atoms with E-state index in [9.17, 15) is 4.39 Å². The zero-order valence-electron chi connectivity index (χ0n) is 8.11. The number of benzene rings is 1. The van der Waals surface area contributed by atoms with E-state index in [1.165, 1.54) is 24.8 Å². The third-order valence-corrected chi connectivity index (χ3v) is 2.08. The van der Waals surface area contributed by atoms with Crippen LogP contribution >= 0.6 is 0 Å². The van der Waals surface area contributed by atoms with E-state index in [0.717, 1.165) is 11.1 Å². The number of halogens is 1. The molecular weight excluding hydrogens is 195 g/mol. The summed E-state index contributed by atoms with van der Waals surface area (Å²) in [5.41, 5.74) is 7.04. The Labute approximate surface area is 86.0 Å². The number of hydrogen-bond donors (Lipinski definition) is 1. The summed E-state index contributed by atoms with van der Waals surface area (Å²) >= 11 is 0. The number of nitrogens with zero attached hydrogens (tertiary/aromatic N) is 3. The highest BCUT2D eigenvalue weighted by atomic mass is 19.1. The van der Waals surface area contributed by atoms with Crippen LogP contribution in [0.25, 0.3) is 11.4 Å². The molecule has 4 nitrogen and oxygen atoms in total. The molecule has 0 bridgehead atoms. The summed E-state index contributed by atoms with van der Waals surface area (Å²) in [4.78, 5) is 11.7. The predicted molar refractivity (Wildman–Crippen MR) is 54.4 cm³/mol. The summed E-state index contributed by atoms with van der Waals surface area (Å²) in [6, 6.07) is 2.90. The fourth-order valence-corrected chi connectivity index (χ4v) is 1.31. The van der Waals surface area contributed by atoms with Crippen molar-refractivity contribution in [3.8, 4) is 11.4 Å². The molecule has 0 atom stereocenters. The number of aryl methyl sites for hydroxylation is 1. The minimum absolute atomic E-state index is 0.0935. The molecule has 5 heteroatoms. The van der Waals surface area contributed by atoms with Gasteiger partial charge in [-0.1, -0.05) is 0 Å². The average molecular weight is 204 g/mol. The lowest BCUT2D eigenvalue weighted by atomic mass is 10.1. The van der Waals surface area contributed by atoms with Crippen molar-refractivity contribution < 1.29 is 4.39 Å². The normalized spacial score (nSPS) is 10.3. The summed E-state index contributed by atoms with van der Waals surface area (Å²) in [5.74, 6) is 0.0690. The first-order chi connectivity index (χ1) is 7.18. The van der Waals surface area contributed by atoms with E-state index < -0.39 is 5.82 Å². The van der Waals surface area contributed by atoms with Crippen molar-refractivity contribution in [3.63, 3.8) is 0 Å². The minimum Gasteiger partial charge on any atom is -0.396 e. The zero-order valence-corrected chi connectivity index (χ0v) is 8.11. The zero-order chi connectivity index (χ0) is 10.8. The molecule has 15 heavy (non-hydrogen) atoms. The third-order valence-electron chi connectivity index (χ3n) is 2.08. The van der Waals surface area contributed by atoms with Crippen LogP contribution in [0.3, 0.4) is 0 Å². The van der Waals surface area contributed by atoms with Gasteiger partial charge in [-0.05, 0) is 24.6 Å². The van der Waals surface area contributed by atoms with E-state index in [2.05, 4.69) is 15.0 Å². The van der Waals surface area contributed by atoms with Crippen molar-refractivity contribution in [1.82, 2.24) is 15.0 Å². The molecular formula is C10H9FN4. The third kappa shape index (κ3) is 1.76. The molecule has 0 saturated heterocycles. The molecule has 0 aliphatic rings. The van der Waals surface area contributed by atoms with Gasteiger partial charge in [-0.25, -0.2) is 19.3 Å². The van der Waals surface area contributed by atoms with Gasteiger partial charge in [0.2, 0.25) is 0 Å². The lowest BCUT2D eigenvalue weighted by Crippen LogP contribution is -1.96. The first-order valence-electron chi connectivity index (χ1n) is 4.36. The van der Waals surface area contributed by atoms with Crippen molar-refractivity contribution >= 4 is 5.69 Å². The second kappa shape index (κ2) is 3.61. The number of nitrogens with two attached hydrogens (primary N) is 1. The summed E-state index contributed by atoms with van der Waals surface area (Å²) < 4.78 is 13.1. The fraction of sp³-hybridized carbons (Fsp3) is 0.100. The molecule has 2 N–H and O–H groups in total. The Balaban J connectivity index is 2.59. The number of rotatable bonds is 1. The molecule has 76 valence electrons. The van der Waals surface area contributed by atoms with Crippen LogP contribution in [-0.2, 0) is 0 Å². The maximum atomic E-state index is 13.1. The van der Waals surface area contributed by atoms with Crippen LogP contribution in [0, 0.1) is 12.7 Å².